The van der Waals surface area contributed by atoms with Crippen LogP contribution in [-0.4, -0.2) is 14.6 Å². The molecule has 0 spiro atoms. The lowest BCUT2D eigenvalue weighted by Crippen LogP contribution is -2.50. The molecule has 0 saturated carbocycles. The Morgan fingerprint density at radius 3 is 1.81 bits per heavy atom. The highest BCUT2D eigenvalue weighted by Gasteiger charge is 2.46. The molecule has 0 radical (unpaired) electrons. The summed E-state index contributed by atoms with van der Waals surface area (Å²) >= 11 is 0. The van der Waals surface area contributed by atoms with Gasteiger partial charge in [0.05, 0.1) is 0 Å². The summed E-state index contributed by atoms with van der Waals surface area (Å²) in [6.45, 7) is 13.8. The van der Waals surface area contributed by atoms with Gasteiger partial charge in [-0.2, -0.15) is 0 Å². The van der Waals surface area contributed by atoms with Crippen LogP contribution in [0.15, 0.2) is 24.3 Å². The number of carbonyl (C=O) groups is 1. The zero-order chi connectivity index (χ0) is 16.0. The lowest BCUT2D eigenvalue weighted by atomic mass is 10.1. The van der Waals surface area contributed by atoms with Gasteiger partial charge in [-0.05, 0) is 40.7 Å². The number of aldehydes is 1. The van der Waals surface area contributed by atoms with Gasteiger partial charge < -0.3 is 9.22 Å². The van der Waals surface area contributed by atoms with Gasteiger partial charge in [-0.3, -0.25) is 0 Å². The average molecular weight is 307 g/mol. The second-order valence-corrected chi connectivity index (χ2v) is 12.1. The molecule has 21 heavy (non-hydrogen) atoms. The van der Waals surface area contributed by atoms with Crippen molar-refractivity contribution in [3.8, 4) is 5.75 Å². The monoisotopic (exact) mass is 306 g/mol. The van der Waals surface area contributed by atoms with Gasteiger partial charge in [-0.15, -0.1) is 0 Å². The van der Waals surface area contributed by atoms with E-state index in [4.69, 9.17) is 4.43 Å². The highest BCUT2D eigenvalue weighted by molar-refractivity contribution is 6.78. The highest BCUT2D eigenvalue weighted by Crippen LogP contribution is 2.42. The fourth-order valence-corrected chi connectivity index (χ4v) is 8.76. The van der Waals surface area contributed by atoms with Gasteiger partial charge in [0.15, 0.2) is 0 Å². The standard InChI is InChI=1S/C18H30O2Si/c1-14(2)21(15(3)4,16(5)6)20-18-11-9-17(10-12-18)8-7-13-19/h9-16H,7-8H2,1-6H3. The minimum atomic E-state index is -1.87. The average Bonchev–Trinajstić information content (AvgIpc) is 2.42. The molecular weight excluding hydrogens is 276 g/mol. The SMILES string of the molecule is CC(C)[Si](Oc1ccc(CCC=O)cc1)(C(C)C)C(C)C. The maximum Gasteiger partial charge on any atom is 0.258 e. The fraction of sp³-hybridized carbons (Fsp3) is 0.611. The molecule has 1 aromatic rings. The first-order chi connectivity index (χ1) is 9.84. The van der Waals surface area contributed by atoms with E-state index in [1.807, 2.05) is 0 Å². The van der Waals surface area contributed by atoms with Crippen molar-refractivity contribution in [2.75, 3.05) is 0 Å². The van der Waals surface area contributed by atoms with E-state index in [9.17, 15) is 4.79 Å². The Morgan fingerprint density at radius 1 is 0.952 bits per heavy atom. The molecule has 0 bridgehead atoms. The van der Waals surface area contributed by atoms with Crippen molar-refractivity contribution in [2.45, 2.75) is 71.0 Å². The smallest absolute Gasteiger partial charge is 0.258 e. The van der Waals surface area contributed by atoms with Gasteiger partial charge in [-0.25, -0.2) is 0 Å². The van der Waals surface area contributed by atoms with Crippen molar-refractivity contribution in [3.05, 3.63) is 29.8 Å². The van der Waals surface area contributed by atoms with E-state index >= 15 is 0 Å². The molecule has 0 N–H and O–H groups in total. The summed E-state index contributed by atoms with van der Waals surface area (Å²) < 4.78 is 6.62. The van der Waals surface area contributed by atoms with Crippen molar-refractivity contribution in [2.24, 2.45) is 0 Å². The van der Waals surface area contributed by atoms with Gasteiger partial charge in [0, 0.05) is 6.42 Å². The maximum absolute atomic E-state index is 10.4. The number of rotatable bonds is 8. The molecule has 0 aliphatic heterocycles. The Kier molecular flexibility index (Phi) is 6.66. The number of benzene rings is 1. The van der Waals surface area contributed by atoms with Crippen LogP contribution in [0.4, 0.5) is 0 Å². The lowest BCUT2D eigenvalue weighted by Gasteiger charge is -2.42. The van der Waals surface area contributed by atoms with Gasteiger partial charge >= 0.3 is 0 Å². The topological polar surface area (TPSA) is 26.3 Å². The van der Waals surface area contributed by atoms with Crippen molar-refractivity contribution >= 4 is 14.6 Å². The molecule has 3 heteroatoms. The third-order valence-corrected chi connectivity index (χ3v) is 10.5. The molecule has 1 rings (SSSR count). The van der Waals surface area contributed by atoms with E-state index in [1.54, 1.807) is 0 Å². The van der Waals surface area contributed by atoms with Crippen LogP contribution < -0.4 is 4.43 Å². The minimum Gasteiger partial charge on any atom is -0.543 e. The summed E-state index contributed by atoms with van der Waals surface area (Å²) in [5, 5.41) is 0. The molecule has 0 aliphatic rings. The second-order valence-electron chi connectivity index (χ2n) is 6.77. The molecule has 0 heterocycles. The molecule has 118 valence electrons. The van der Waals surface area contributed by atoms with Crippen LogP contribution in [0, 0.1) is 0 Å². The molecule has 0 aromatic heterocycles. The second kappa shape index (κ2) is 7.78. The van der Waals surface area contributed by atoms with Crippen molar-refractivity contribution in [3.63, 3.8) is 0 Å². The van der Waals surface area contributed by atoms with Crippen LogP contribution in [0.25, 0.3) is 0 Å². The zero-order valence-electron chi connectivity index (χ0n) is 14.3. The van der Waals surface area contributed by atoms with Crippen molar-refractivity contribution < 1.29 is 9.22 Å². The van der Waals surface area contributed by atoms with E-state index in [0.29, 0.717) is 23.0 Å². The van der Waals surface area contributed by atoms with Crippen molar-refractivity contribution in [1.82, 2.24) is 0 Å². The number of aryl methyl sites for hydroxylation is 1. The van der Waals surface area contributed by atoms with E-state index in [0.717, 1.165) is 18.5 Å². The Morgan fingerprint density at radius 2 is 1.43 bits per heavy atom. The molecule has 0 unspecified atom stereocenters. The summed E-state index contributed by atoms with van der Waals surface area (Å²) in [6.07, 6.45) is 2.37. The van der Waals surface area contributed by atoms with E-state index in [2.05, 4.69) is 65.8 Å². The molecule has 0 saturated heterocycles. The highest BCUT2D eigenvalue weighted by atomic mass is 28.4. The number of hydrogen-bond acceptors (Lipinski definition) is 2. The molecule has 0 fully saturated rings. The Hall–Kier alpha value is -1.09. The largest absolute Gasteiger partial charge is 0.543 e. The lowest BCUT2D eigenvalue weighted by molar-refractivity contribution is -0.107. The molecule has 0 amide bonds. The van der Waals surface area contributed by atoms with Gasteiger partial charge in [0.25, 0.3) is 8.32 Å². The Bertz CT molecular complexity index is 413. The summed E-state index contributed by atoms with van der Waals surface area (Å²) in [6, 6.07) is 8.29. The molecule has 1 aromatic carbocycles. The fourth-order valence-electron chi connectivity index (χ4n) is 3.51. The predicted octanol–water partition coefficient (Wildman–Crippen LogP) is 5.37. The van der Waals surface area contributed by atoms with Crippen LogP contribution in [0.1, 0.15) is 53.5 Å². The van der Waals surface area contributed by atoms with Crippen LogP contribution in [0.2, 0.25) is 16.6 Å². The zero-order valence-corrected chi connectivity index (χ0v) is 15.3. The molecule has 2 nitrogen and oxygen atoms in total. The summed E-state index contributed by atoms with van der Waals surface area (Å²) in [5.41, 5.74) is 2.92. The first-order valence-corrected chi connectivity index (χ1v) is 10.2. The molecule has 0 aliphatic carbocycles. The van der Waals surface area contributed by atoms with Crippen molar-refractivity contribution in [1.29, 1.82) is 0 Å². The number of carbonyl (C=O) groups excluding carboxylic acids is 1. The molecular formula is C18H30O2Si. The third-order valence-electron chi connectivity index (χ3n) is 4.48. The summed E-state index contributed by atoms with van der Waals surface area (Å²) in [7, 11) is -1.87. The third kappa shape index (κ3) is 4.19. The van der Waals surface area contributed by atoms with Gasteiger partial charge in [0.2, 0.25) is 0 Å². The number of hydrogen-bond donors (Lipinski definition) is 0. The van der Waals surface area contributed by atoms with E-state index in [1.165, 1.54) is 5.56 Å². The normalized spacial score (nSPS) is 12.2. The quantitative estimate of drug-likeness (QED) is 0.476. The van der Waals surface area contributed by atoms with Gasteiger partial charge in [0.1, 0.15) is 12.0 Å². The summed E-state index contributed by atoms with van der Waals surface area (Å²) in [4.78, 5) is 10.4. The Labute approximate surface area is 131 Å². The first kappa shape index (κ1) is 18.0. The maximum atomic E-state index is 10.4. The van der Waals surface area contributed by atoms with Crippen LogP contribution in [0.5, 0.6) is 5.75 Å². The predicted molar refractivity (Wildman–Crippen MR) is 92.5 cm³/mol. The van der Waals surface area contributed by atoms with E-state index in [-0.39, 0.29) is 0 Å². The van der Waals surface area contributed by atoms with Gasteiger partial charge in [-0.1, -0.05) is 53.7 Å². The first-order valence-electron chi connectivity index (χ1n) is 8.06. The molecule has 0 atom stereocenters. The minimum absolute atomic E-state index is 0.576. The summed E-state index contributed by atoms with van der Waals surface area (Å²) in [5.74, 6) is 0.979. The Balaban J connectivity index is 2.96. The van der Waals surface area contributed by atoms with Crippen LogP contribution >= 0.6 is 0 Å². The van der Waals surface area contributed by atoms with E-state index < -0.39 is 8.32 Å². The van der Waals surface area contributed by atoms with Crippen LogP contribution in [-0.2, 0) is 11.2 Å². The van der Waals surface area contributed by atoms with Crippen LogP contribution in [0.3, 0.4) is 0 Å².